The number of fused-ring (bicyclic) bond motifs is 2. The highest BCUT2D eigenvalue weighted by atomic mass is 32.2. The van der Waals surface area contributed by atoms with Crippen molar-refractivity contribution in [3.05, 3.63) is 40.6 Å². The molecule has 4 aliphatic rings. The lowest BCUT2D eigenvalue weighted by Crippen LogP contribution is -2.35. The number of carbonyl (C=O) groups is 3. The molecule has 7 heteroatoms. The lowest BCUT2D eigenvalue weighted by atomic mass is 9.79. The number of ether oxygens (including phenoxy) is 1. The van der Waals surface area contributed by atoms with Crippen LogP contribution >= 0.6 is 11.8 Å². The third-order valence-corrected chi connectivity index (χ3v) is 10.4. The van der Waals surface area contributed by atoms with Crippen LogP contribution in [0.4, 0.5) is 0 Å². The number of ketones is 1. The molecule has 1 atom stereocenters. The molecule has 1 aromatic heterocycles. The van der Waals surface area contributed by atoms with Crippen LogP contribution < -0.4 is 10.1 Å². The number of carbonyl (C=O) groups excluding carboxylic acids is 3. The molecule has 6 rings (SSSR count). The smallest absolute Gasteiger partial charge is 0.254 e. The van der Waals surface area contributed by atoms with Gasteiger partial charge in [0.15, 0.2) is 10.9 Å². The third kappa shape index (κ3) is 4.96. The lowest BCUT2D eigenvalue weighted by molar-refractivity contribution is -0.121. The van der Waals surface area contributed by atoms with Crippen molar-refractivity contribution in [3.63, 3.8) is 0 Å². The van der Waals surface area contributed by atoms with Gasteiger partial charge in [-0.15, -0.1) is 0 Å². The van der Waals surface area contributed by atoms with Crippen molar-refractivity contribution in [1.82, 2.24) is 9.88 Å². The number of benzene rings is 1. The number of thioether (sulfide) groups is 1. The number of aromatic nitrogens is 1. The number of hydrogen-bond acceptors (Lipinski definition) is 5. The fraction of sp³-hybridized carbons (Fsp3) is 0.594. The Hall–Kier alpha value is -2.54. The van der Waals surface area contributed by atoms with Gasteiger partial charge in [-0.3, -0.25) is 14.4 Å². The maximum atomic E-state index is 13.5. The van der Waals surface area contributed by atoms with E-state index in [1.165, 1.54) is 56.1 Å². The van der Waals surface area contributed by atoms with Gasteiger partial charge in [0.2, 0.25) is 0 Å². The van der Waals surface area contributed by atoms with Gasteiger partial charge >= 0.3 is 0 Å². The van der Waals surface area contributed by atoms with Gasteiger partial charge < -0.3 is 14.6 Å². The van der Waals surface area contributed by atoms with Crippen LogP contribution in [-0.4, -0.2) is 33.4 Å². The number of nitrogens with zero attached hydrogens (tertiary/aromatic N) is 1. The Morgan fingerprint density at radius 3 is 2.49 bits per heavy atom. The predicted octanol–water partition coefficient (Wildman–Crippen LogP) is 6.44. The minimum absolute atomic E-state index is 0.0872. The zero-order valence-corrected chi connectivity index (χ0v) is 24.5. The SMILES string of the molecule is Cc1c(C(=O)NC2SC(=O)CC2=O)cc(-c2cc(C(C)(C)C)c3c(c2)C2(CCO3)CC2)n1CC1CCCCC1. The normalized spacial score (nSPS) is 22.6. The molecule has 0 radical (unpaired) electrons. The van der Waals surface area contributed by atoms with Crippen molar-refractivity contribution in [2.45, 2.75) is 108 Å². The summed E-state index contributed by atoms with van der Waals surface area (Å²) >= 11 is 0.924. The van der Waals surface area contributed by atoms with E-state index in [4.69, 9.17) is 4.74 Å². The summed E-state index contributed by atoms with van der Waals surface area (Å²) in [6.07, 6.45) is 9.60. The second-order valence-corrected chi connectivity index (χ2v) is 14.3. The first-order chi connectivity index (χ1) is 18.6. The Kier molecular flexibility index (Phi) is 6.72. The summed E-state index contributed by atoms with van der Waals surface area (Å²) in [6.45, 7) is 10.4. The minimum atomic E-state index is -0.794. The van der Waals surface area contributed by atoms with E-state index in [1.54, 1.807) is 0 Å². The molecule has 0 bridgehead atoms. The van der Waals surface area contributed by atoms with E-state index in [2.05, 4.69) is 42.8 Å². The number of amides is 1. The first-order valence-corrected chi connectivity index (χ1v) is 15.5. The summed E-state index contributed by atoms with van der Waals surface area (Å²) < 4.78 is 8.67. The van der Waals surface area contributed by atoms with E-state index in [9.17, 15) is 14.4 Å². The molecule has 1 aromatic carbocycles. The van der Waals surface area contributed by atoms with Crippen LogP contribution in [0, 0.1) is 12.8 Å². The molecule has 39 heavy (non-hydrogen) atoms. The molecule has 6 nitrogen and oxygen atoms in total. The van der Waals surface area contributed by atoms with Crippen LogP contribution in [0.3, 0.4) is 0 Å². The van der Waals surface area contributed by atoms with E-state index in [1.807, 2.05) is 13.0 Å². The number of rotatable bonds is 5. The predicted molar refractivity (Wildman–Crippen MR) is 154 cm³/mol. The molecular weight excluding hydrogens is 508 g/mol. The molecular formula is C32H40N2O4S. The van der Waals surface area contributed by atoms with Gasteiger partial charge in [0.05, 0.1) is 18.6 Å². The summed E-state index contributed by atoms with van der Waals surface area (Å²) in [5, 5.41) is 1.86. The summed E-state index contributed by atoms with van der Waals surface area (Å²) in [6, 6.07) is 6.62. The van der Waals surface area contributed by atoms with Crippen molar-refractivity contribution in [1.29, 1.82) is 0 Å². The van der Waals surface area contributed by atoms with E-state index in [-0.39, 0.29) is 34.1 Å². The van der Waals surface area contributed by atoms with E-state index in [0.717, 1.165) is 54.0 Å². The van der Waals surface area contributed by atoms with Crippen molar-refractivity contribution >= 4 is 28.6 Å². The lowest BCUT2D eigenvalue weighted by Gasteiger charge is -2.33. The summed E-state index contributed by atoms with van der Waals surface area (Å²) in [5.41, 5.74) is 6.39. The van der Waals surface area contributed by atoms with Crippen molar-refractivity contribution < 1.29 is 19.1 Å². The molecule has 1 N–H and O–H groups in total. The molecule has 3 fully saturated rings. The van der Waals surface area contributed by atoms with Crippen LogP contribution in [-0.2, 0) is 27.0 Å². The Balaban J connectivity index is 1.45. The maximum Gasteiger partial charge on any atom is 0.254 e. The first kappa shape index (κ1) is 26.7. The molecule has 1 spiro atoms. The molecule has 1 unspecified atom stereocenters. The van der Waals surface area contributed by atoms with Gasteiger partial charge in [-0.2, -0.15) is 0 Å². The second-order valence-electron chi connectivity index (χ2n) is 13.2. The standard InChI is InChI=1S/C32H40N2O4S/c1-19-22(29(37)33-30-26(35)17-27(36)39-30)16-25(34(19)18-20-8-6-5-7-9-20)21-14-23(31(2,3)4)28-24(15-21)32(10-11-32)12-13-38-28/h14-16,20,30H,5-13,17-18H2,1-4H3,(H,33,37). The molecule has 2 aliphatic heterocycles. The van der Waals surface area contributed by atoms with Crippen LogP contribution in [0.5, 0.6) is 5.75 Å². The fourth-order valence-corrected chi connectivity index (χ4v) is 7.66. The molecule has 1 amide bonds. The highest BCUT2D eigenvalue weighted by molar-refractivity contribution is 8.15. The number of nitrogens with one attached hydrogen (secondary N) is 1. The minimum Gasteiger partial charge on any atom is -0.493 e. The van der Waals surface area contributed by atoms with E-state index < -0.39 is 5.37 Å². The quantitative estimate of drug-likeness (QED) is 0.435. The van der Waals surface area contributed by atoms with E-state index >= 15 is 0 Å². The van der Waals surface area contributed by atoms with Crippen molar-refractivity contribution in [2.75, 3.05) is 6.61 Å². The van der Waals surface area contributed by atoms with Crippen molar-refractivity contribution in [2.24, 2.45) is 5.92 Å². The monoisotopic (exact) mass is 548 g/mol. The van der Waals surface area contributed by atoms with Gasteiger partial charge in [0.1, 0.15) is 11.1 Å². The van der Waals surface area contributed by atoms with Crippen molar-refractivity contribution in [3.8, 4) is 17.0 Å². The molecule has 2 aliphatic carbocycles. The molecule has 1 saturated heterocycles. The average Bonchev–Trinajstić information content (AvgIpc) is 3.49. The molecule has 208 valence electrons. The largest absolute Gasteiger partial charge is 0.493 e. The van der Waals surface area contributed by atoms with E-state index in [0.29, 0.717) is 11.5 Å². The fourth-order valence-electron chi connectivity index (χ4n) is 6.79. The van der Waals surface area contributed by atoms with Gasteiger partial charge in [-0.25, -0.2) is 0 Å². The topological polar surface area (TPSA) is 77.4 Å². The molecule has 2 aromatic rings. The van der Waals surface area contributed by atoms with Gasteiger partial charge in [0, 0.05) is 34.5 Å². The molecule has 3 heterocycles. The van der Waals surface area contributed by atoms with Crippen LogP contribution in [0.1, 0.15) is 106 Å². The maximum absolute atomic E-state index is 13.5. The second kappa shape index (κ2) is 9.83. The highest BCUT2D eigenvalue weighted by Crippen LogP contribution is 2.58. The Morgan fingerprint density at radius 1 is 1.10 bits per heavy atom. The average molecular weight is 549 g/mol. The number of Topliss-reactive ketones (excluding diaryl/α,β-unsaturated/α-hetero) is 1. The summed E-state index contributed by atoms with van der Waals surface area (Å²) in [5.74, 6) is 1.14. The van der Waals surface area contributed by atoms with Gasteiger partial charge in [-0.05, 0) is 74.1 Å². The highest BCUT2D eigenvalue weighted by Gasteiger charge is 2.49. The Bertz CT molecular complexity index is 1320. The Morgan fingerprint density at radius 2 is 1.85 bits per heavy atom. The summed E-state index contributed by atoms with van der Waals surface area (Å²) in [7, 11) is 0. The summed E-state index contributed by atoms with van der Waals surface area (Å²) in [4.78, 5) is 37.5. The van der Waals surface area contributed by atoms with Crippen LogP contribution in [0.25, 0.3) is 11.3 Å². The van der Waals surface area contributed by atoms with Crippen LogP contribution in [0.2, 0.25) is 0 Å². The van der Waals surface area contributed by atoms with Gasteiger partial charge in [0.25, 0.3) is 5.91 Å². The molecule has 2 saturated carbocycles. The zero-order valence-electron chi connectivity index (χ0n) is 23.7. The Labute approximate surface area is 235 Å². The third-order valence-electron chi connectivity index (χ3n) is 9.34. The first-order valence-electron chi connectivity index (χ1n) is 14.6. The zero-order chi connectivity index (χ0) is 27.5. The van der Waals surface area contributed by atoms with Crippen LogP contribution in [0.15, 0.2) is 18.2 Å². The van der Waals surface area contributed by atoms with Gasteiger partial charge in [-0.1, -0.05) is 51.8 Å². The number of hydrogen-bond donors (Lipinski definition) is 1.